The van der Waals surface area contributed by atoms with Crippen LogP contribution in [-0.4, -0.2) is 12.7 Å². The normalized spacial score (nSPS) is 30.8. The van der Waals surface area contributed by atoms with Gasteiger partial charge in [0.15, 0.2) is 0 Å². The Morgan fingerprint density at radius 3 is 2.85 bits per heavy atom. The fraction of sp³-hybridized carbons (Fsp3) is 0.909. The fourth-order valence-corrected chi connectivity index (χ4v) is 2.21. The maximum atomic E-state index is 8.92. The van der Waals surface area contributed by atoms with Crippen molar-refractivity contribution in [1.29, 1.82) is 5.26 Å². The molecule has 2 nitrogen and oxygen atoms in total. The Morgan fingerprint density at radius 2 is 2.31 bits per heavy atom. The summed E-state index contributed by atoms with van der Waals surface area (Å²) in [4.78, 5) is 0. The minimum absolute atomic E-state index is 0.159. The number of nitrogens with zero attached hydrogens (tertiary/aromatic N) is 1. The summed E-state index contributed by atoms with van der Waals surface area (Å²) in [6.45, 7) is 4.88. The third-order valence-electron chi connectivity index (χ3n) is 2.88. The van der Waals surface area contributed by atoms with Crippen LogP contribution in [0.2, 0.25) is 0 Å². The first-order chi connectivity index (χ1) is 6.27. The van der Waals surface area contributed by atoms with E-state index in [9.17, 15) is 0 Å². The maximum Gasteiger partial charge on any atom is 0.146 e. The van der Waals surface area contributed by atoms with E-state index >= 15 is 0 Å². The molecule has 1 saturated carbocycles. The molecular formula is C11H19NO. The van der Waals surface area contributed by atoms with Crippen molar-refractivity contribution in [3.8, 4) is 6.07 Å². The lowest BCUT2D eigenvalue weighted by Crippen LogP contribution is -2.27. The zero-order valence-corrected chi connectivity index (χ0v) is 8.62. The van der Waals surface area contributed by atoms with E-state index in [4.69, 9.17) is 10.00 Å². The molecule has 0 aromatic rings. The Morgan fingerprint density at radius 1 is 1.54 bits per heavy atom. The van der Waals surface area contributed by atoms with Crippen molar-refractivity contribution in [2.45, 2.75) is 45.6 Å². The monoisotopic (exact) mass is 181 g/mol. The summed E-state index contributed by atoms with van der Waals surface area (Å²) >= 11 is 0. The molecule has 0 aromatic carbocycles. The molecule has 3 atom stereocenters. The van der Waals surface area contributed by atoms with Crippen LogP contribution >= 0.6 is 0 Å². The van der Waals surface area contributed by atoms with E-state index in [1.54, 1.807) is 0 Å². The lowest BCUT2D eigenvalue weighted by Gasteiger charge is -2.29. The minimum Gasteiger partial charge on any atom is -0.363 e. The van der Waals surface area contributed by atoms with Crippen LogP contribution in [0, 0.1) is 23.2 Å². The van der Waals surface area contributed by atoms with Gasteiger partial charge in [0.05, 0.1) is 6.07 Å². The Kier molecular flexibility index (Phi) is 4.24. The molecule has 3 unspecified atom stereocenters. The molecule has 0 aliphatic heterocycles. The standard InChI is InChI=1S/C11H19NO/c1-3-13-11(8-12)10-6-4-5-9(2)7-10/h9-11H,3-7H2,1-2H3. The lowest BCUT2D eigenvalue weighted by atomic mass is 9.80. The first-order valence-corrected chi connectivity index (χ1v) is 5.29. The van der Waals surface area contributed by atoms with Gasteiger partial charge >= 0.3 is 0 Å². The van der Waals surface area contributed by atoms with Gasteiger partial charge in [0, 0.05) is 6.61 Å². The van der Waals surface area contributed by atoms with Gasteiger partial charge in [-0.1, -0.05) is 19.8 Å². The molecule has 1 rings (SSSR count). The summed E-state index contributed by atoms with van der Waals surface area (Å²) in [5.41, 5.74) is 0. The van der Waals surface area contributed by atoms with E-state index in [0.29, 0.717) is 12.5 Å². The minimum atomic E-state index is -0.159. The third kappa shape index (κ3) is 3.00. The number of ether oxygens (including phenoxy) is 1. The predicted molar refractivity (Wildman–Crippen MR) is 52.1 cm³/mol. The zero-order chi connectivity index (χ0) is 9.68. The number of nitriles is 1. The average Bonchev–Trinajstić information content (AvgIpc) is 2.14. The summed E-state index contributed by atoms with van der Waals surface area (Å²) in [5, 5.41) is 8.92. The summed E-state index contributed by atoms with van der Waals surface area (Å²) in [6, 6.07) is 2.27. The highest BCUT2D eigenvalue weighted by molar-refractivity contribution is 4.91. The van der Waals surface area contributed by atoms with Crippen LogP contribution in [0.4, 0.5) is 0 Å². The van der Waals surface area contributed by atoms with Crippen molar-refractivity contribution in [3.05, 3.63) is 0 Å². The molecule has 0 bridgehead atoms. The highest BCUT2D eigenvalue weighted by atomic mass is 16.5. The zero-order valence-electron chi connectivity index (χ0n) is 8.62. The second kappa shape index (κ2) is 5.24. The third-order valence-corrected chi connectivity index (χ3v) is 2.88. The van der Waals surface area contributed by atoms with Crippen LogP contribution in [-0.2, 0) is 4.74 Å². The van der Waals surface area contributed by atoms with Crippen molar-refractivity contribution in [2.75, 3.05) is 6.61 Å². The Labute approximate surface area is 80.9 Å². The molecule has 0 saturated heterocycles. The molecule has 0 N–H and O–H groups in total. The topological polar surface area (TPSA) is 33.0 Å². The molecule has 1 aliphatic carbocycles. The molecule has 0 aromatic heterocycles. The van der Waals surface area contributed by atoms with Crippen LogP contribution in [0.25, 0.3) is 0 Å². The summed E-state index contributed by atoms with van der Waals surface area (Å²) in [5.74, 6) is 1.25. The van der Waals surface area contributed by atoms with E-state index in [-0.39, 0.29) is 6.10 Å². The van der Waals surface area contributed by atoms with E-state index in [2.05, 4.69) is 13.0 Å². The van der Waals surface area contributed by atoms with Crippen molar-refractivity contribution in [1.82, 2.24) is 0 Å². The van der Waals surface area contributed by atoms with Crippen molar-refractivity contribution in [2.24, 2.45) is 11.8 Å². The van der Waals surface area contributed by atoms with Crippen molar-refractivity contribution in [3.63, 3.8) is 0 Å². The van der Waals surface area contributed by atoms with Crippen LogP contribution in [0.15, 0.2) is 0 Å². The SMILES string of the molecule is CCOC(C#N)C1CCCC(C)C1. The van der Waals surface area contributed by atoms with Gasteiger partial charge in [-0.15, -0.1) is 0 Å². The van der Waals surface area contributed by atoms with Crippen LogP contribution < -0.4 is 0 Å². The average molecular weight is 181 g/mol. The first kappa shape index (κ1) is 10.5. The second-order valence-electron chi connectivity index (χ2n) is 4.04. The maximum absolute atomic E-state index is 8.92. The Balaban J connectivity index is 2.43. The van der Waals surface area contributed by atoms with Crippen molar-refractivity contribution < 1.29 is 4.74 Å². The number of hydrogen-bond acceptors (Lipinski definition) is 2. The summed E-state index contributed by atoms with van der Waals surface area (Å²) in [7, 11) is 0. The lowest BCUT2D eigenvalue weighted by molar-refractivity contribution is 0.0370. The molecule has 2 heteroatoms. The number of rotatable bonds is 3. The Bertz CT molecular complexity index is 185. The first-order valence-electron chi connectivity index (χ1n) is 5.29. The fourth-order valence-electron chi connectivity index (χ4n) is 2.21. The molecule has 13 heavy (non-hydrogen) atoms. The molecule has 1 fully saturated rings. The highest BCUT2D eigenvalue weighted by Crippen LogP contribution is 2.31. The van der Waals surface area contributed by atoms with Gasteiger partial charge < -0.3 is 4.74 Å². The molecule has 0 amide bonds. The second-order valence-corrected chi connectivity index (χ2v) is 4.04. The van der Waals surface area contributed by atoms with E-state index in [1.165, 1.54) is 19.3 Å². The summed E-state index contributed by atoms with van der Waals surface area (Å²) < 4.78 is 5.42. The predicted octanol–water partition coefficient (Wildman–Crippen LogP) is 2.74. The Hall–Kier alpha value is -0.550. The van der Waals surface area contributed by atoms with Gasteiger partial charge in [-0.05, 0) is 31.6 Å². The van der Waals surface area contributed by atoms with E-state index in [1.807, 2.05) is 6.92 Å². The molecule has 0 spiro atoms. The van der Waals surface area contributed by atoms with Gasteiger partial charge in [-0.3, -0.25) is 0 Å². The molecule has 1 aliphatic rings. The van der Waals surface area contributed by atoms with E-state index in [0.717, 1.165) is 12.3 Å². The molecule has 0 heterocycles. The number of hydrogen-bond donors (Lipinski definition) is 0. The van der Waals surface area contributed by atoms with Crippen molar-refractivity contribution >= 4 is 0 Å². The van der Waals surface area contributed by atoms with Gasteiger partial charge in [0.2, 0.25) is 0 Å². The quantitative estimate of drug-likeness (QED) is 0.670. The summed E-state index contributed by atoms with van der Waals surface area (Å²) in [6.07, 6.45) is 4.76. The van der Waals surface area contributed by atoms with Crippen LogP contribution in [0.3, 0.4) is 0 Å². The molecular weight excluding hydrogens is 162 g/mol. The molecule has 74 valence electrons. The van der Waals surface area contributed by atoms with Gasteiger partial charge in [0.25, 0.3) is 0 Å². The van der Waals surface area contributed by atoms with Gasteiger partial charge in [0.1, 0.15) is 6.10 Å². The van der Waals surface area contributed by atoms with Crippen LogP contribution in [0.5, 0.6) is 0 Å². The van der Waals surface area contributed by atoms with E-state index < -0.39 is 0 Å². The smallest absolute Gasteiger partial charge is 0.146 e. The van der Waals surface area contributed by atoms with Crippen LogP contribution in [0.1, 0.15) is 39.5 Å². The van der Waals surface area contributed by atoms with Gasteiger partial charge in [-0.2, -0.15) is 5.26 Å². The van der Waals surface area contributed by atoms with Gasteiger partial charge in [-0.25, -0.2) is 0 Å². The molecule has 0 radical (unpaired) electrons. The highest BCUT2D eigenvalue weighted by Gasteiger charge is 2.26. The largest absolute Gasteiger partial charge is 0.363 e.